The molecule has 0 aliphatic rings. The van der Waals surface area contributed by atoms with Crippen LogP contribution in [0.15, 0.2) is 12.1 Å². The fourth-order valence-electron chi connectivity index (χ4n) is 1.71. The molecule has 1 rings (SSSR count). The van der Waals surface area contributed by atoms with Crippen LogP contribution in [0.1, 0.15) is 17.0 Å². The molecule has 0 heterocycles. The van der Waals surface area contributed by atoms with Crippen molar-refractivity contribution < 1.29 is 24.0 Å². The fraction of sp³-hybridized carbons (Fsp3) is 0.333. The lowest BCUT2D eigenvalue weighted by Crippen LogP contribution is -2.17. The molecule has 7 nitrogen and oxygen atoms in total. The van der Waals surface area contributed by atoms with Crippen molar-refractivity contribution in [2.75, 3.05) is 14.2 Å². The SMILES string of the molecule is COC(=O)C(C=O)c1cc(OC)c([N+](=O)[O-])cc1C. The average Bonchev–Trinajstić information content (AvgIpc) is 2.40. The van der Waals surface area contributed by atoms with E-state index in [4.69, 9.17) is 4.74 Å². The smallest absolute Gasteiger partial charge is 0.320 e. The van der Waals surface area contributed by atoms with Crippen LogP contribution in [-0.2, 0) is 14.3 Å². The first-order chi connectivity index (χ1) is 8.96. The zero-order chi connectivity index (χ0) is 14.6. The van der Waals surface area contributed by atoms with E-state index in [0.29, 0.717) is 17.4 Å². The highest BCUT2D eigenvalue weighted by atomic mass is 16.6. The molecule has 0 fully saturated rings. The van der Waals surface area contributed by atoms with Crippen LogP contribution in [0.25, 0.3) is 0 Å². The van der Waals surface area contributed by atoms with Crippen molar-refractivity contribution >= 4 is 17.9 Å². The van der Waals surface area contributed by atoms with Gasteiger partial charge in [0.15, 0.2) is 5.75 Å². The Bertz CT molecular complexity index is 525. The lowest BCUT2D eigenvalue weighted by Gasteiger charge is -2.13. The highest BCUT2D eigenvalue weighted by Gasteiger charge is 2.26. The summed E-state index contributed by atoms with van der Waals surface area (Å²) < 4.78 is 9.42. The van der Waals surface area contributed by atoms with Crippen molar-refractivity contribution in [1.29, 1.82) is 0 Å². The van der Waals surface area contributed by atoms with Crippen LogP contribution in [-0.4, -0.2) is 31.4 Å². The summed E-state index contributed by atoms with van der Waals surface area (Å²) in [6.45, 7) is 1.57. The van der Waals surface area contributed by atoms with Gasteiger partial charge in [-0.2, -0.15) is 0 Å². The first-order valence-electron chi connectivity index (χ1n) is 5.32. The Hall–Kier alpha value is -2.44. The van der Waals surface area contributed by atoms with Crippen LogP contribution in [0.5, 0.6) is 5.75 Å². The molecule has 1 unspecified atom stereocenters. The second-order valence-electron chi connectivity index (χ2n) is 3.77. The Kier molecular flexibility index (Phi) is 4.57. The van der Waals surface area contributed by atoms with Crippen LogP contribution in [0.2, 0.25) is 0 Å². The summed E-state index contributed by atoms with van der Waals surface area (Å²) in [5.41, 5.74) is 0.539. The number of nitrogens with zero attached hydrogens (tertiary/aromatic N) is 1. The third-order valence-corrected chi connectivity index (χ3v) is 2.69. The first-order valence-corrected chi connectivity index (χ1v) is 5.32. The van der Waals surface area contributed by atoms with E-state index in [0.717, 1.165) is 7.11 Å². The number of ether oxygens (including phenoxy) is 2. The van der Waals surface area contributed by atoms with Crippen molar-refractivity contribution in [3.8, 4) is 5.75 Å². The Balaban J connectivity index is 3.40. The second-order valence-corrected chi connectivity index (χ2v) is 3.77. The molecule has 0 saturated heterocycles. The van der Waals surface area contributed by atoms with E-state index in [-0.39, 0.29) is 11.4 Å². The summed E-state index contributed by atoms with van der Waals surface area (Å²) in [6, 6.07) is 2.57. The summed E-state index contributed by atoms with van der Waals surface area (Å²) in [7, 11) is 2.44. The van der Waals surface area contributed by atoms with Gasteiger partial charge in [-0.1, -0.05) is 0 Å². The molecule has 0 bridgehead atoms. The lowest BCUT2D eigenvalue weighted by molar-refractivity contribution is -0.385. The molecule has 102 valence electrons. The van der Waals surface area contributed by atoms with Gasteiger partial charge in [-0.25, -0.2) is 0 Å². The second kappa shape index (κ2) is 5.94. The third-order valence-electron chi connectivity index (χ3n) is 2.69. The highest BCUT2D eigenvalue weighted by molar-refractivity contribution is 5.94. The van der Waals surface area contributed by atoms with Gasteiger partial charge in [0, 0.05) is 6.07 Å². The monoisotopic (exact) mass is 267 g/mol. The van der Waals surface area contributed by atoms with Crippen molar-refractivity contribution in [2.45, 2.75) is 12.8 Å². The summed E-state index contributed by atoms with van der Waals surface area (Å²) in [6.07, 6.45) is 0.430. The van der Waals surface area contributed by atoms with Gasteiger partial charge in [-0.3, -0.25) is 14.9 Å². The number of carbonyl (C=O) groups excluding carboxylic acids is 2. The molecule has 1 aromatic carbocycles. The Morgan fingerprint density at radius 2 is 2.05 bits per heavy atom. The van der Waals surface area contributed by atoms with E-state index in [2.05, 4.69) is 4.74 Å². The van der Waals surface area contributed by atoms with E-state index >= 15 is 0 Å². The predicted molar refractivity (Wildman–Crippen MR) is 65.2 cm³/mol. The van der Waals surface area contributed by atoms with Crippen LogP contribution >= 0.6 is 0 Å². The summed E-state index contributed by atoms with van der Waals surface area (Å²) in [4.78, 5) is 32.7. The number of nitro groups is 1. The zero-order valence-electron chi connectivity index (χ0n) is 10.7. The minimum atomic E-state index is -1.13. The quantitative estimate of drug-likeness (QED) is 0.263. The Morgan fingerprint density at radius 3 is 2.47 bits per heavy atom. The van der Waals surface area contributed by atoms with Gasteiger partial charge in [-0.05, 0) is 24.1 Å². The maximum atomic E-state index is 11.5. The predicted octanol–water partition coefficient (Wildman–Crippen LogP) is 1.37. The molecular formula is C12H13NO6. The van der Waals surface area contributed by atoms with Crippen molar-refractivity contribution in [1.82, 2.24) is 0 Å². The third kappa shape index (κ3) is 2.87. The minimum absolute atomic E-state index is 0.0126. The van der Waals surface area contributed by atoms with Gasteiger partial charge in [0.1, 0.15) is 12.2 Å². The van der Waals surface area contributed by atoms with E-state index in [9.17, 15) is 19.7 Å². The molecule has 1 atom stereocenters. The van der Waals surface area contributed by atoms with Crippen LogP contribution in [0.3, 0.4) is 0 Å². The summed E-state index contributed by atoms with van der Waals surface area (Å²) >= 11 is 0. The van der Waals surface area contributed by atoms with Crippen LogP contribution in [0.4, 0.5) is 5.69 Å². The molecule has 0 amide bonds. The van der Waals surface area contributed by atoms with E-state index < -0.39 is 16.8 Å². The topological polar surface area (TPSA) is 95.7 Å². The number of rotatable bonds is 5. The van der Waals surface area contributed by atoms with Gasteiger partial charge in [0.2, 0.25) is 0 Å². The zero-order valence-corrected chi connectivity index (χ0v) is 10.7. The number of methoxy groups -OCH3 is 2. The number of hydrogen-bond donors (Lipinski definition) is 0. The molecule has 19 heavy (non-hydrogen) atoms. The molecule has 0 aromatic heterocycles. The van der Waals surface area contributed by atoms with Gasteiger partial charge in [0.25, 0.3) is 0 Å². The molecule has 0 spiro atoms. The van der Waals surface area contributed by atoms with Gasteiger partial charge >= 0.3 is 11.7 Å². The van der Waals surface area contributed by atoms with E-state index in [1.54, 1.807) is 6.92 Å². The molecule has 0 aliphatic heterocycles. The van der Waals surface area contributed by atoms with Crippen molar-refractivity contribution in [3.05, 3.63) is 33.4 Å². The van der Waals surface area contributed by atoms with Crippen LogP contribution < -0.4 is 4.74 Å². The number of nitro benzene ring substituents is 1. The average molecular weight is 267 g/mol. The summed E-state index contributed by atoms with van der Waals surface area (Å²) in [5.74, 6) is -1.87. The fourth-order valence-corrected chi connectivity index (χ4v) is 1.71. The largest absolute Gasteiger partial charge is 0.490 e. The summed E-state index contributed by atoms with van der Waals surface area (Å²) in [5, 5.41) is 10.8. The molecule has 0 aliphatic carbocycles. The Morgan fingerprint density at radius 1 is 1.42 bits per heavy atom. The Labute approximate surface area is 109 Å². The van der Waals surface area contributed by atoms with Crippen molar-refractivity contribution in [3.63, 3.8) is 0 Å². The maximum absolute atomic E-state index is 11.5. The molecule has 0 radical (unpaired) electrons. The van der Waals surface area contributed by atoms with Gasteiger partial charge in [0.05, 0.1) is 19.1 Å². The molecule has 0 N–H and O–H groups in total. The number of benzene rings is 1. The van der Waals surface area contributed by atoms with E-state index in [1.807, 2.05) is 0 Å². The lowest BCUT2D eigenvalue weighted by atomic mass is 9.95. The normalized spacial score (nSPS) is 11.5. The minimum Gasteiger partial charge on any atom is -0.490 e. The molecular weight excluding hydrogens is 254 g/mol. The standard InChI is InChI=1S/C12H13NO6/c1-7-4-10(13(16)17)11(18-2)5-8(7)9(6-14)12(15)19-3/h4-6,9H,1-3H3. The first kappa shape index (κ1) is 14.6. The van der Waals surface area contributed by atoms with Gasteiger partial charge in [-0.15, -0.1) is 0 Å². The van der Waals surface area contributed by atoms with E-state index in [1.165, 1.54) is 19.2 Å². The number of aldehydes is 1. The number of carbonyl (C=O) groups is 2. The molecule has 0 saturated carbocycles. The molecule has 1 aromatic rings. The number of aryl methyl sites for hydroxylation is 1. The molecule has 7 heteroatoms. The van der Waals surface area contributed by atoms with Crippen LogP contribution in [0, 0.1) is 17.0 Å². The van der Waals surface area contributed by atoms with Gasteiger partial charge < -0.3 is 14.3 Å². The van der Waals surface area contributed by atoms with Crippen molar-refractivity contribution in [2.24, 2.45) is 0 Å². The number of hydrogen-bond acceptors (Lipinski definition) is 6. The maximum Gasteiger partial charge on any atom is 0.320 e. The highest BCUT2D eigenvalue weighted by Crippen LogP contribution is 2.33. The number of esters is 1.